The van der Waals surface area contributed by atoms with Crippen LogP contribution in [0.5, 0.6) is 5.75 Å². The lowest BCUT2D eigenvalue weighted by molar-refractivity contribution is -0.129. The van der Waals surface area contributed by atoms with Crippen molar-refractivity contribution in [3.8, 4) is 5.75 Å². The Hall–Kier alpha value is -1.91. The summed E-state index contributed by atoms with van der Waals surface area (Å²) < 4.78 is 5.60. The topological polar surface area (TPSA) is 67.6 Å². The van der Waals surface area contributed by atoms with Crippen molar-refractivity contribution >= 4 is 17.3 Å². The molecule has 3 N–H and O–H groups in total. The van der Waals surface area contributed by atoms with Crippen LogP contribution in [0.25, 0.3) is 0 Å². The highest BCUT2D eigenvalue weighted by Crippen LogP contribution is 2.29. The third-order valence-corrected chi connectivity index (χ3v) is 3.64. The van der Waals surface area contributed by atoms with Gasteiger partial charge < -0.3 is 20.7 Å². The highest BCUT2D eigenvalue weighted by molar-refractivity contribution is 5.78. The Balaban J connectivity index is 1.83. The third-order valence-electron chi connectivity index (χ3n) is 3.64. The molecule has 0 bridgehead atoms. The molecule has 1 aromatic rings. The van der Waals surface area contributed by atoms with Crippen LogP contribution in [0.4, 0.5) is 11.4 Å². The molecule has 1 saturated heterocycles. The van der Waals surface area contributed by atoms with Crippen LogP contribution in [0.15, 0.2) is 18.2 Å². The van der Waals surface area contributed by atoms with Crippen molar-refractivity contribution in [1.29, 1.82) is 0 Å². The Morgan fingerprint density at radius 3 is 2.86 bits per heavy atom. The molecule has 0 aliphatic carbocycles. The minimum Gasteiger partial charge on any atom is -0.491 e. The van der Waals surface area contributed by atoms with Crippen LogP contribution in [0.3, 0.4) is 0 Å². The van der Waals surface area contributed by atoms with Crippen LogP contribution in [0.1, 0.15) is 32.6 Å². The Morgan fingerprint density at radius 1 is 1.38 bits per heavy atom. The van der Waals surface area contributed by atoms with E-state index in [1.165, 1.54) is 0 Å². The maximum atomic E-state index is 12.0. The van der Waals surface area contributed by atoms with Crippen LogP contribution in [0.2, 0.25) is 0 Å². The van der Waals surface area contributed by atoms with Gasteiger partial charge >= 0.3 is 0 Å². The highest BCUT2D eigenvalue weighted by Gasteiger charge is 2.17. The lowest BCUT2D eigenvalue weighted by Crippen LogP contribution is -2.29. The van der Waals surface area contributed by atoms with Crippen molar-refractivity contribution in [3.05, 3.63) is 18.2 Å². The van der Waals surface area contributed by atoms with E-state index < -0.39 is 0 Å². The summed E-state index contributed by atoms with van der Waals surface area (Å²) in [5.41, 5.74) is 7.52. The zero-order valence-corrected chi connectivity index (χ0v) is 12.7. The van der Waals surface area contributed by atoms with Gasteiger partial charge in [-0.25, -0.2) is 0 Å². The highest BCUT2D eigenvalue weighted by atomic mass is 16.5. The van der Waals surface area contributed by atoms with Crippen LogP contribution in [-0.4, -0.2) is 37.0 Å². The predicted molar refractivity (Wildman–Crippen MR) is 85.6 cm³/mol. The number of nitrogens with one attached hydrogen (secondary N) is 1. The number of benzene rings is 1. The second-order valence-corrected chi connectivity index (χ2v) is 5.33. The number of carbonyl (C=O) groups is 1. The first-order chi connectivity index (χ1) is 10.2. The Labute approximate surface area is 126 Å². The number of rotatable bonds is 7. The summed E-state index contributed by atoms with van der Waals surface area (Å²) in [6.45, 7) is 5.11. The average molecular weight is 291 g/mol. The molecule has 0 radical (unpaired) electrons. The number of hydrogen-bond donors (Lipinski definition) is 2. The normalized spacial score (nSPS) is 14.2. The molecule has 5 nitrogen and oxygen atoms in total. The van der Waals surface area contributed by atoms with E-state index >= 15 is 0 Å². The molecule has 116 valence electrons. The summed E-state index contributed by atoms with van der Waals surface area (Å²) >= 11 is 0. The molecule has 0 atom stereocenters. The zero-order chi connectivity index (χ0) is 15.1. The van der Waals surface area contributed by atoms with Gasteiger partial charge in [0.15, 0.2) is 0 Å². The van der Waals surface area contributed by atoms with Gasteiger partial charge in [-0.1, -0.05) is 13.0 Å². The molecule has 5 heteroatoms. The lowest BCUT2D eigenvalue weighted by atomic mass is 10.2. The first-order valence-corrected chi connectivity index (χ1v) is 7.75. The second kappa shape index (κ2) is 7.76. The molecule has 1 amide bonds. The number of anilines is 2. The van der Waals surface area contributed by atoms with E-state index in [4.69, 9.17) is 10.5 Å². The van der Waals surface area contributed by atoms with E-state index in [1.807, 2.05) is 23.1 Å². The minimum absolute atomic E-state index is 0.219. The van der Waals surface area contributed by atoms with Crippen LogP contribution in [0, 0.1) is 0 Å². The molecule has 0 spiro atoms. The van der Waals surface area contributed by atoms with Crippen molar-refractivity contribution in [2.75, 3.05) is 37.3 Å². The van der Waals surface area contributed by atoms with E-state index in [-0.39, 0.29) is 5.91 Å². The van der Waals surface area contributed by atoms with Crippen LogP contribution >= 0.6 is 0 Å². The summed E-state index contributed by atoms with van der Waals surface area (Å²) in [5, 5.41) is 3.23. The van der Waals surface area contributed by atoms with Gasteiger partial charge in [-0.05, 0) is 31.4 Å². The largest absolute Gasteiger partial charge is 0.491 e. The van der Waals surface area contributed by atoms with Gasteiger partial charge in [-0.3, -0.25) is 4.79 Å². The molecular formula is C16H25N3O2. The van der Waals surface area contributed by atoms with E-state index in [2.05, 4.69) is 12.2 Å². The molecule has 1 fully saturated rings. The minimum atomic E-state index is 0.219. The number of hydrogen-bond acceptors (Lipinski definition) is 4. The van der Waals surface area contributed by atoms with Gasteiger partial charge in [0.2, 0.25) is 5.91 Å². The molecule has 21 heavy (non-hydrogen) atoms. The smallest absolute Gasteiger partial charge is 0.224 e. The molecule has 2 rings (SSSR count). The number of likely N-dealkylation sites (tertiary alicyclic amines) is 1. The maximum absolute atomic E-state index is 12.0. The summed E-state index contributed by atoms with van der Waals surface area (Å²) in [4.78, 5) is 13.9. The van der Waals surface area contributed by atoms with Gasteiger partial charge in [0.25, 0.3) is 0 Å². The van der Waals surface area contributed by atoms with Crippen molar-refractivity contribution < 1.29 is 9.53 Å². The molecule has 0 aromatic heterocycles. The number of amides is 1. The second-order valence-electron chi connectivity index (χ2n) is 5.33. The molecule has 1 aromatic carbocycles. The zero-order valence-electron chi connectivity index (χ0n) is 12.7. The maximum Gasteiger partial charge on any atom is 0.224 e. The fraction of sp³-hybridized carbons (Fsp3) is 0.562. The summed E-state index contributed by atoms with van der Waals surface area (Å²) in [5.74, 6) is 0.921. The van der Waals surface area contributed by atoms with Gasteiger partial charge in [0, 0.05) is 26.1 Å². The van der Waals surface area contributed by atoms with Gasteiger partial charge in [0.05, 0.1) is 18.0 Å². The Morgan fingerprint density at radius 2 is 2.14 bits per heavy atom. The number of ether oxygens (including phenoxy) is 1. The number of nitrogen functional groups attached to an aromatic ring is 1. The van der Waals surface area contributed by atoms with Crippen molar-refractivity contribution in [2.45, 2.75) is 32.6 Å². The van der Waals surface area contributed by atoms with Gasteiger partial charge in [-0.2, -0.15) is 0 Å². The molecular weight excluding hydrogens is 266 g/mol. The van der Waals surface area contributed by atoms with E-state index in [0.29, 0.717) is 31.0 Å². The lowest BCUT2D eigenvalue weighted by Gasteiger charge is -2.16. The summed E-state index contributed by atoms with van der Waals surface area (Å²) in [6.07, 6.45) is 3.70. The summed E-state index contributed by atoms with van der Waals surface area (Å²) in [6, 6.07) is 5.69. The number of nitrogens with zero attached hydrogens (tertiary/aromatic N) is 1. The quantitative estimate of drug-likeness (QED) is 0.757. The molecule has 1 aliphatic heterocycles. The Bertz CT molecular complexity index is 471. The van der Waals surface area contributed by atoms with Crippen LogP contribution in [-0.2, 0) is 4.79 Å². The van der Waals surface area contributed by atoms with Crippen molar-refractivity contribution in [2.24, 2.45) is 0 Å². The summed E-state index contributed by atoms with van der Waals surface area (Å²) in [7, 11) is 0. The van der Waals surface area contributed by atoms with Gasteiger partial charge in [-0.15, -0.1) is 0 Å². The molecule has 0 saturated carbocycles. The monoisotopic (exact) mass is 291 g/mol. The third kappa shape index (κ3) is 4.28. The predicted octanol–water partition coefficient (Wildman–Crippen LogP) is 2.48. The Kier molecular flexibility index (Phi) is 5.72. The van der Waals surface area contributed by atoms with Crippen molar-refractivity contribution in [3.63, 3.8) is 0 Å². The van der Waals surface area contributed by atoms with E-state index in [0.717, 1.165) is 38.0 Å². The number of para-hydroxylation sites is 1. The van der Waals surface area contributed by atoms with Gasteiger partial charge in [0.1, 0.15) is 5.75 Å². The fourth-order valence-electron chi connectivity index (χ4n) is 2.46. The molecule has 1 aliphatic rings. The average Bonchev–Trinajstić information content (AvgIpc) is 3.02. The number of carbonyl (C=O) groups excluding carboxylic acids is 1. The first-order valence-electron chi connectivity index (χ1n) is 7.75. The first kappa shape index (κ1) is 15.5. The SMILES string of the molecule is CCCOc1cccc(NCCC(=O)N2CCCC2)c1N. The van der Waals surface area contributed by atoms with Crippen molar-refractivity contribution in [1.82, 2.24) is 4.90 Å². The van der Waals surface area contributed by atoms with E-state index in [9.17, 15) is 4.79 Å². The fourth-order valence-corrected chi connectivity index (χ4v) is 2.46. The molecule has 1 heterocycles. The number of nitrogens with two attached hydrogens (primary N) is 1. The standard InChI is InChI=1S/C16H25N3O2/c1-2-12-21-14-7-5-6-13(16(14)17)18-9-8-15(20)19-10-3-4-11-19/h5-7,18H,2-4,8-12,17H2,1H3. The van der Waals surface area contributed by atoms with E-state index in [1.54, 1.807) is 0 Å². The molecule has 0 unspecified atom stereocenters. The van der Waals surface area contributed by atoms with Crippen LogP contribution < -0.4 is 15.8 Å².